The summed E-state index contributed by atoms with van der Waals surface area (Å²) >= 11 is 0. The van der Waals surface area contributed by atoms with Gasteiger partial charge in [0.15, 0.2) is 0 Å². The summed E-state index contributed by atoms with van der Waals surface area (Å²) in [5.41, 5.74) is 2.45. The molecule has 1 fully saturated rings. The van der Waals surface area contributed by atoms with Crippen LogP contribution in [0.25, 0.3) is 0 Å². The minimum atomic E-state index is -0.0387. The monoisotopic (exact) mass is 274 g/mol. The molecule has 0 heterocycles. The second-order valence-corrected chi connectivity index (χ2v) is 4.79. The van der Waals surface area contributed by atoms with E-state index >= 15 is 0 Å². The standard InChI is InChI=1S/C16H22N2O2/c1-5-17(13(3)19)11-15-7-9-16(10-8-15)12-18(6-2)14(4)20/h5-6,11-12H,1-2,7-10H2,3-4H3. The van der Waals surface area contributed by atoms with Gasteiger partial charge < -0.3 is 0 Å². The number of carbonyl (C=O) groups excluding carboxylic acids is 2. The van der Waals surface area contributed by atoms with Crippen molar-refractivity contribution in [2.75, 3.05) is 0 Å². The molecule has 0 radical (unpaired) electrons. The predicted octanol–water partition coefficient (Wildman–Crippen LogP) is 3.31. The Morgan fingerprint density at radius 1 is 0.850 bits per heavy atom. The van der Waals surface area contributed by atoms with E-state index in [9.17, 15) is 9.59 Å². The van der Waals surface area contributed by atoms with Crippen molar-refractivity contribution in [3.63, 3.8) is 0 Å². The summed E-state index contributed by atoms with van der Waals surface area (Å²) in [5.74, 6) is -0.0773. The quantitative estimate of drug-likeness (QED) is 0.789. The summed E-state index contributed by atoms with van der Waals surface area (Å²) in [6.45, 7) is 10.3. The lowest BCUT2D eigenvalue weighted by Crippen LogP contribution is -2.18. The number of allylic oxidation sites excluding steroid dienone is 2. The third-order valence-corrected chi connectivity index (χ3v) is 3.30. The van der Waals surface area contributed by atoms with Gasteiger partial charge >= 0.3 is 0 Å². The van der Waals surface area contributed by atoms with E-state index in [1.165, 1.54) is 47.2 Å². The van der Waals surface area contributed by atoms with Crippen molar-refractivity contribution in [2.45, 2.75) is 39.5 Å². The van der Waals surface area contributed by atoms with Gasteiger partial charge in [-0.25, -0.2) is 0 Å². The van der Waals surface area contributed by atoms with Gasteiger partial charge in [0.2, 0.25) is 11.8 Å². The first kappa shape index (κ1) is 16.0. The molecule has 0 saturated heterocycles. The number of hydrogen-bond acceptors (Lipinski definition) is 2. The molecule has 0 atom stereocenters. The molecular weight excluding hydrogens is 252 g/mol. The van der Waals surface area contributed by atoms with Crippen LogP contribution in [0.5, 0.6) is 0 Å². The van der Waals surface area contributed by atoms with Crippen LogP contribution < -0.4 is 0 Å². The highest BCUT2D eigenvalue weighted by Crippen LogP contribution is 2.28. The van der Waals surface area contributed by atoms with Gasteiger partial charge in [-0.2, -0.15) is 0 Å². The van der Waals surface area contributed by atoms with Gasteiger partial charge in [0.1, 0.15) is 0 Å². The zero-order valence-electron chi connectivity index (χ0n) is 12.3. The van der Waals surface area contributed by atoms with Gasteiger partial charge in [-0.15, -0.1) is 0 Å². The van der Waals surface area contributed by atoms with E-state index in [2.05, 4.69) is 13.2 Å². The Balaban J connectivity index is 2.68. The van der Waals surface area contributed by atoms with Crippen LogP contribution in [0.4, 0.5) is 0 Å². The van der Waals surface area contributed by atoms with E-state index in [1.807, 2.05) is 12.4 Å². The maximum absolute atomic E-state index is 11.3. The van der Waals surface area contributed by atoms with Crippen LogP contribution in [0.15, 0.2) is 49.1 Å². The molecule has 0 bridgehead atoms. The Morgan fingerprint density at radius 2 is 1.15 bits per heavy atom. The molecule has 1 rings (SSSR count). The van der Waals surface area contributed by atoms with Crippen LogP contribution in [0.3, 0.4) is 0 Å². The maximum atomic E-state index is 11.3. The zero-order chi connectivity index (χ0) is 15.1. The Morgan fingerprint density at radius 3 is 1.35 bits per heavy atom. The molecule has 0 aromatic rings. The van der Waals surface area contributed by atoms with E-state index in [0.717, 1.165) is 25.7 Å². The summed E-state index contributed by atoms with van der Waals surface area (Å²) in [7, 11) is 0. The van der Waals surface area contributed by atoms with Crippen molar-refractivity contribution >= 4 is 11.8 Å². The molecule has 1 saturated carbocycles. The number of nitrogens with zero attached hydrogens (tertiary/aromatic N) is 2. The van der Waals surface area contributed by atoms with Crippen molar-refractivity contribution in [1.82, 2.24) is 9.80 Å². The highest BCUT2D eigenvalue weighted by Gasteiger charge is 2.13. The van der Waals surface area contributed by atoms with E-state index in [-0.39, 0.29) is 11.8 Å². The van der Waals surface area contributed by atoms with Crippen LogP contribution in [0.2, 0.25) is 0 Å². The normalized spacial score (nSPS) is 14.3. The van der Waals surface area contributed by atoms with Gasteiger partial charge in [0.05, 0.1) is 0 Å². The van der Waals surface area contributed by atoms with Crippen molar-refractivity contribution in [1.29, 1.82) is 0 Å². The average molecular weight is 274 g/mol. The first-order valence-electron chi connectivity index (χ1n) is 6.70. The van der Waals surface area contributed by atoms with Gasteiger partial charge in [-0.05, 0) is 25.7 Å². The van der Waals surface area contributed by atoms with Crippen molar-refractivity contribution in [2.24, 2.45) is 0 Å². The van der Waals surface area contributed by atoms with Gasteiger partial charge in [-0.1, -0.05) is 24.3 Å². The van der Waals surface area contributed by atoms with Crippen LogP contribution in [0, 0.1) is 0 Å². The molecule has 0 aromatic carbocycles. The third kappa shape index (κ3) is 4.53. The Labute approximate surface area is 120 Å². The molecule has 4 heteroatoms. The molecule has 0 aromatic heterocycles. The lowest BCUT2D eigenvalue weighted by atomic mass is 9.91. The second kappa shape index (κ2) is 7.48. The van der Waals surface area contributed by atoms with Crippen LogP contribution in [0.1, 0.15) is 39.5 Å². The van der Waals surface area contributed by atoms with Gasteiger partial charge in [0, 0.05) is 38.6 Å². The number of carbonyl (C=O) groups is 2. The SMILES string of the molecule is C=CN(C=C1CCC(=CN(C=C)C(C)=O)CC1)C(C)=O. The molecule has 0 aliphatic heterocycles. The van der Waals surface area contributed by atoms with Crippen molar-refractivity contribution in [3.05, 3.63) is 49.1 Å². The summed E-state index contributed by atoms with van der Waals surface area (Å²) in [4.78, 5) is 25.7. The fourth-order valence-electron chi connectivity index (χ4n) is 2.09. The Kier molecular flexibility index (Phi) is 5.97. The van der Waals surface area contributed by atoms with E-state index in [4.69, 9.17) is 0 Å². The first-order valence-corrected chi connectivity index (χ1v) is 6.70. The average Bonchev–Trinajstić information content (AvgIpc) is 2.42. The van der Waals surface area contributed by atoms with E-state index < -0.39 is 0 Å². The number of amides is 2. The molecule has 2 amide bonds. The first-order chi connectivity index (χ1) is 9.47. The summed E-state index contributed by atoms with van der Waals surface area (Å²) in [6.07, 6.45) is 10.4. The molecule has 0 unspecified atom stereocenters. The largest absolute Gasteiger partial charge is 0.296 e. The minimum absolute atomic E-state index is 0.0387. The van der Waals surface area contributed by atoms with Crippen LogP contribution >= 0.6 is 0 Å². The Hall–Kier alpha value is -2.10. The molecule has 108 valence electrons. The molecule has 1 aliphatic carbocycles. The Bertz CT molecular complexity index is 419. The molecular formula is C16H22N2O2. The topological polar surface area (TPSA) is 40.6 Å². The van der Waals surface area contributed by atoms with E-state index in [1.54, 1.807) is 0 Å². The maximum Gasteiger partial charge on any atom is 0.227 e. The van der Waals surface area contributed by atoms with Gasteiger partial charge in [0.25, 0.3) is 0 Å². The lowest BCUT2D eigenvalue weighted by molar-refractivity contribution is -0.125. The fraction of sp³-hybridized carbons (Fsp3) is 0.375. The highest BCUT2D eigenvalue weighted by molar-refractivity contribution is 5.76. The lowest BCUT2D eigenvalue weighted by Gasteiger charge is -2.21. The van der Waals surface area contributed by atoms with Crippen molar-refractivity contribution in [3.8, 4) is 0 Å². The summed E-state index contributed by atoms with van der Waals surface area (Å²) < 4.78 is 0. The molecule has 4 nitrogen and oxygen atoms in total. The zero-order valence-corrected chi connectivity index (χ0v) is 12.3. The second-order valence-electron chi connectivity index (χ2n) is 4.79. The van der Waals surface area contributed by atoms with Crippen LogP contribution in [-0.4, -0.2) is 21.6 Å². The molecule has 20 heavy (non-hydrogen) atoms. The number of hydrogen-bond donors (Lipinski definition) is 0. The van der Waals surface area contributed by atoms with Crippen molar-refractivity contribution < 1.29 is 9.59 Å². The molecule has 1 aliphatic rings. The smallest absolute Gasteiger partial charge is 0.227 e. The molecule has 0 N–H and O–H groups in total. The molecule has 0 spiro atoms. The van der Waals surface area contributed by atoms with Gasteiger partial charge in [-0.3, -0.25) is 19.4 Å². The summed E-state index contributed by atoms with van der Waals surface area (Å²) in [5, 5.41) is 0. The summed E-state index contributed by atoms with van der Waals surface area (Å²) in [6, 6.07) is 0. The predicted molar refractivity (Wildman–Crippen MR) is 80.1 cm³/mol. The van der Waals surface area contributed by atoms with E-state index in [0.29, 0.717) is 0 Å². The highest BCUT2D eigenvalue weighted by atomic mass is 16.2. The third-order valence-electron chi connectivity index (χ3n) is 3.30. The fourth-order valence-corrected chi connectivity index (χ4v) is 2.09. The minimum Gasteiger partial charge on any atom is -0.296 e. The number of rotatable bonds is 4. The van der Waals surface area contributed by atoms with Crippen LogP contribution in [-0.2, 0) is 9.59 Å².